The van der Waals surface area contributed by atoms with Gasteiger partial charge in [-0.15, -0.1) is 0 Å². The van der Waals surface area contributed by atoms with Gasteiger partial charge in [0.25, 0.3) is 0 Å². The molecule has 19 heavy (non-hydrogen) atoms. The predicted molar refractivity (Wildman–Crippen MR) is 72.2 cm³/mol. The third-order valence-corrected chi connectivity index (χ3v) is 4.66. The number of hydrogen-bond acceptors (Lipinski definition) is 3. The zero-order chi connectivity index (χ0) is 13.9. The van der Waals surface area contributed by atoms with Gasteiger partial charge >= 0.3 is 0 Å². The molecule has 2 unspecified atom stereocenters. The molecule has 100 valence electrons. The lowest BCUT2D eigenvalue weighted by Crippen LogP contribution is -2.35. The summed E-state index contributed by atoms with van der Waals surface area (Å²) in [6.45, 7) is 4.14. The summed E-state index contributed by atoms with van der Waals surface area (Å²) in [7, 11) is 0. The first-order valence-electron chi connectivity index (χ1n) is 6.23. The molecule has 1 aromatic carbocycles. The van der Waals surface area contributed by atoms with Crippen LogP contribution >= 0.6 is 11.6 Å². The Hall–Kier alpha value is -1.55. The molecular weight excluding hydrogens is 264 g/mol. The van der Waals surface area contributed by atoms with Gasteiger partial charge in [0.2, 0.25) is 11.8 Å². The fourth-order valence-electron chi connectivity index (χ4n) is 3.05. The average molecular weight is 279 g/mol. The quantitative estimate of drug-likeness (QED) is 0.665. The average Bonchev–Trinajstić information content (AvgIpc) is 2.80. The van der Waals surface area contributed by atoms with Crippen LogP contribution < -0.4 is 5.73 Å². The Morgan fingerprint density at radius 1 is 1.26 bits per heavy atom. The number of nitrogen functional groups attached to an aromatic ring is 1. The van der Waals surface area contributed by atoms with Crippen LogP contribution in [0.25, 0.3) is 0 Å². The van der Waals surface area contributed by atoms with E-state index in [1.54, 1.807) is 18.2 Å². The molecule has 0 radical (unpaired) electrons. The van der Waals surface area contributed by atoms with E-state index in [0.717, 1.165) is 0 Å². The molecule has 5 heteroatoms. The van der Waals surface area contributed by atoms with Gasteiger partial charge in [-0.05, 0) is 29.2 Å². The van der Waals surface area contributed by atoms with E-state index < -0.39 is 0 Å². The second-order valence-electron chi connectivity index (χ2n) is 5.89. The lowest BCUT2D eigenvalue weighted by Gasteiger charge is -2.21. The Morgan fingerprint density at radius 3 is 2.42 bits per heavy atom. The molecule has 2 fully saturated rings. The monoisotopic (exact) mass is 278 g/mol. The minimum Gasteiger partial charge on any atom is -0.399 e. The molecule has 1 aliphatic carbocycles. The number of nitrogens with two attached hydrogens (primary N) is 1. The molecule has 1 aromatic rings. The van der Waals surface area contributed by atoms with Crippen LogP contribution in [0.3, 0.4) is 0 Å². The molecule has 2 atom stereocenters. The summed E-state index contributed by atoms with van der Waals surface area (Å²) in [5.74, 6) is -0.475. The van der Waals surface area contributed by atoms with Crippen LogP contribution in [0.4, 0.5) is 5.69 Å². The van der Waals surface area contributed by atoms with Gasteiger partial charge in [0.1, 0.15) is 0 Å². The molecule has 3 rings (SSSR count). The number of fused-ring (bicyclic) bond motifs is 1. The van der Waals surface area contributed by atoms with Crippen LogP contribution in [-0.4, -0.2) is 16.7 Å². The van der Waals surface area contributed by atoms with Crippen LogP contribution in [0.1, 0.15) is 19.4 Å². The predicted octanol–water partition coefficient (Wildman–Crippen LogP) is 2.06. The first-order chi connectivity index (χ1) is 8.84. The summed E-state index contributed by atoms with van der Waals surface area (Å²) in [4.78, 5) is 25.7. The Bertz CT molecular complexity index is 573. The molecular formula is C14H15ClN2O2. The number of piperidine rings is 1. The smallest absolute Gasteiger partial charge is 0.233 e. The van der Waals surface area contributed by atoms with Crippen molar-refractivity contribution in [1.29, 1.82) is 0 Å². The lowest BCUT2D eigenvalue weighted by molar-refractivity contribution is -0.143. The van der Waals surface area contributed by atoms with E-state index in [0.29, 0.717) is 16.3 Å². The number of carbonyl (C=O) groups is 2. The second-order valence-corrected chi connectivity index (χ2v) is 6.30. The zero-order valence-corrected chi connectivity index (χ0v) is 11.6. The number of nitrogens with zero attached hydrogens (tertiary/aromatic N) is 1. The van der Waals surface area contributed by atoms with Gasteiger partial charge in [0.05, 0.1) is 18.4 Å². The first kappa shape index (κ1) is 12.5. The third-order valence-electron chi connectivity index (χ3n) is 4.29. The van der Waals surface area contributed by atoms with Crippen LogP contribution in [-0.2, 0) is 16.1 Å². The number of anilines is 1. The largest absolute Gasteiger partial charge is 0.399 e. The van der Waals surface area contributed by atoms with Crippen molar-refractivity contribution in [2.45, 2.75) is 20.4 Å². The Balaban J connectivity index is 1.85. The van der Waals surface area contributed by atoms with Crippen LogP contribution in [0.2, 0.25) is 5.02 Å². The van der Waals surface area contributed by atoms with Crippen LogP contribution in [0.5, 0.6) is 0 Å². The van der Waals surface area contributed by atoms with Crippen molar-refractivity contribution >= 4 is 29.1 Å². The molecule has 1 aliphatic heterocycles. The van der Waals surface area contributed by atoms with Crippen molar-refractivity contribution in [3.8, 4) is 0 Å². The van der Waals surface area contributed by atoms with Crippen molar-refractivity contribution in [1.82, 2.24) is 4.90 Å². The maximum absolute atomic E-state index is 12.2. The Morgan fingerprint density at radius 2 is 1.84 bits per heavy atom. The van der Waals surface area contributed by atoms with Crippen LogP contribution in [0, 0.1) is 17.3 Å². The van der Waals surface area contributed by atoms with E-state index in [4.69, 9.17) is 17.3 Å². The van der Waals surface area contributed by atoms with Crippen molar-refractivity contribution in [2.24, 2.45) is 17.3 Å². The van der Waals surface area contributed by atoms with Crippen molar-refractivity contribution in [3.63, 3.8) is 0 Å². The fraction of sp³-hybridized carbons (Fsp3) is 0.429. The van der Waals surface area contributed by atoms with Gasteiger partial charge in [0.15, 0.2) is 0 Å². The first-order valence-corrected chi connectivity index (χ1v) is 6.61. The lowest BCUT2D eigenvalue weighted by atomic mass is 10.0. The number of imide groups is 1. The molecule has 1 saturated carbocycles. The molecule has 0 spiro atoms. The van der Waals surface area contributed by atoms with E-state index in [2.05, 4.69) is 0 Å². The Kier molecular flexibility index (Phi) is 2.45. The van der Waals surface area contributed by atoms with Gasteiger partial charge < -0.3 is 5.73 Å². The minimum atomic E-state index is -0.176. The van der Waals surface area contributed by atoms with Gasteiger partial charge in [-0.25, -0.2) is 0 Å². The SMILES string of the molecule is CC1(C)C2C(=O)N(Cc3cc(N)ccc3Cl)C(=O)C21. The molecule has 1 heterocycles. The molecule has 1 saturated heterocycles. The minimum absolute atomic E-state index is 0.0847. The number of amides is 2. The van der Waals surface area contributed by atoms with Gasteiger partial charge in [-0.3, -0.25) is 14.5 Å². The van der Waals surface area contributed by atoms with E-state index in [9.17, 15) is 9.59 Å². The highest BCUT2D eigenvalue weighted by atomic mass is 35.5. The summed E-state index contributed by atoms with van der Waals surface area (Å²) in [6, 6.07) is 5.08. The summed E-state index contributed by atoms with van der Waals surface area (Å²) in [6.07, 6.45) is 0. The van der Waals surface area contributed by atoms with Crippen molar-refractivity contribution in [2.75, 3.05) is 5.73 Å². The standard InChI is InChI=1S/C14H15ClN2O2/c1-14(2)10-11(14)13(19)17(12(10)18)6-7-5-8(16)3-4-9(7)15/h3-5,10-11H,6,16H2,1-2H3. The summed E-state index contributed by atoms with van der Waals surface area (Å²) < 4.78 is 0. The maximum Gasteiger partial charge on any atom is 0.233 e. The fourth-order valence-corrected chi connectivity index (χ4v) is 3.22. The number of likely N-dealkylation sites (tertiary alicyclic amines) is 1. The molecule has 2 aliphatic rings. The molecule has 0 aromatic heterocycles. The van der Waals surface area contributed by atoms with Crippen molar-refractivity contribution < 1.29 is 9.59 Å². The highest BCUT2D eigenvalue weighted by Gasteiger charge is 2.72. The van der Waals surface area contributed by atoms with E-state index in [1.807, 2.05) is 13.8 Å². The highest BCUT2D eigenvalue weighted by molar-refractivity contribution is 6.31. The summed E-state index contributed by atoms with van der Waals surface area (Å²) >= 11 is 6.07. The number of rotatable bonds is 2. The zero-order valence-electron chi connectivity index (χ0n) is 10.8. The summed E-state index contributed by atoms with van der Waals surface area (Å²) in [5, 5.41) is 0.523. The maximum atomic E-state index is 12.2. The van der Waals surface area contributed by atoms with Crippen LogP contribution in [0.15, 0.2) is 18.2 Å². The van der Waals surface area contributed by atoms with E-state index in [1.165, 1.54) is 4.90 Å². The van der Waals surface area contributed by atoms with Gasteiger partial charge in [0, 0.05) is 10.7 Å². The topological polar surface area (TPSA) is 63.4 Å². The molecule has 2 N–H and O–H groups in total. The van der Waals surface area contributed by atoms with Gasteiger partial charge in [-0.1, -0.05) is 25.4 Å². The molecule has 2 amide bonds. The van der Waals surface area contributed by atoms with E-state index in [-0.39, 0.29) is 35.6 Å². The molecule has 4 nitrogen and oxygen atoms in total. The number of carbonyl (C=O) groups excluding carboxylic acids is 2. The van der Waals surface area contributed by atoms with Crippen molar-refractivity contribution in [3.05, 3.63) is 28.8 Å². The number of benzene rings is 1. The normalized spacial score (nSPS) is 27.6. The van der Waals surface area contributed by atoms with Gasteiger partial charge in [-0.2, -0.15) is 0 Å². The Labute approximate surface area is 116 Å². The number of hydrogen-bond donors (Lipinski definition) is 1. The second kappa shape index (κ2) is 3.73. The highest BCUT2D eigenvalue weighted by Crippen LogP contribution is 2.63. The third kappa shape index (κ3) is 1.66. The van der Waals surface area contributed by atoms with E-state index >= 15 is 0 Å². The number of halogens is 1. The summed E-state index contributed by atoms with van der Waals surface area (Å²) in [5.41, 5.74) is 6.81. The molecule has 0 bridgehead atoms.